The minimum absolute atomic E-state index is 0.434. The van der Waals surface area contributed by atoms with E-state index in [1.165, 1.54) is 11.7 Å². The fourth-order valence-electron chi connectivity index (χ4n) is 1.37. The van der Waals surface area contributed by atoms with Crippen LogP contribution in [0.4, 0.5) is 0 Å². The summed E-state index contributed by atoms with van der Waals surface area (Å²) in [6.45, 7) is 4.28. The van der Waals surface area contributed by atoms with Crippen molar-refractivity contribution in [3.8, 4) is 11.3 Å². The Balaban J connectivity index is 2.47. The van der Waals surface area contributed by atoms with Crippen LogP contribution in [-0.2, 0) is 0 Å². The highest BCUT2D eigenvalue weighted by atomic mass is 32.1. The summed E-state index contributed by atoms with van der Waals surface area (Å²) in [5.74, 6) is 0.434. The molecule has 2 nitrogen and oxygen atoms in total. The second kappa shape index (κ2) is 3.88. The van der Waals surface area contributed by atoms with Crippen LogP contribution in [0.25, 0.3) is 11.3 Å². The van der Waals surface area contributed by atoms with Gasteiger partial charge in [0.15, 0.2) is 0 Å². The van der Waals surface area contributed by atoms with Crippen molar-refractivity contribution in [2.75, 3.05) is 0 Å². The summed E-state index contributed by atoms with van der Waals surface area (Å²) in [5.41, 5.74) is 3.29. The molecule has 0 aliphatic carbocycles. The Morgan fingerprint density at radius 1 is 1.07 bits per heavy atom. The SMILES string of the molecule is CC(C)c1nsnc1-c1ccccc1. The maximum atomic E-state index is 4.34. The van der Waals surface area contributed by atoms with Gasteiger partial charge in [-0.15, -0.1) is 0 Å². The Morgan fingerprint density at radius 2 is 1.79 bits per heavy atom. The van der Waals surface area contributed by atoms with E-state index < -0.39 is 0 Å². The molecule has 0 aliphatic heterocycles. The van der Waals surface area contributed by atoms with Crippen molar-refractivity contribution < 1.29 is 0 Å². The highest BCUT2D eigenvalue weighted by Gasteiger charge is 2.12. The van der Waals surface area contributed by atoms with Crippen molar-refractivity contribution in [3.63, 3.8) is 0 Å². The van der Waals surface area contributed by atoms with E-state index in [0.29, 0.717) is 5.92 Å². The molecule has 1 heterocycles. The molecule has 2 aromatic rings. The summed E-state index contributed by atoms with van der Waals surface area (Å²) in [6, 6.07) is 10.2. The molecule has 0 amide bonds. The van der Waals surface area contributed by atoms with Gasteiger partial charge < -0.3 is 0 Å². The fraction of sp³-hybridized carbons (Fsp3) is 0.273. The zero-order valence-electron chi connectivity index (χ0n) is 8.27. The number of hydrogen-bond donors (Lipinski definition) is 0. The van der Waals surface area contributed by atoms with Crippen LogP contribution in [0.3, 0.4) is 0 Å². The molecule has 0 atom stereocenters. The Morgan fingerprint density at radius 3 is 2.43 bits per heavy atom. The zero-order chi connectivity index (χ0) is 9.97. The van der Waals surface area contributed by atoms with Gasteiger partial charge in [0.1, 0.15) is 5.69 Å². The summed E-state index contributed by atoms with van der Waals surface area (Å²) < 4.78 is 8.66. The predicted molar refractivity (Wildman–Crippen MR) is 59.4 cm³/mol. The lowest BCUT2D eigenvalue weighted by Gasteiger charge is -2.03. The number of rotatable bonds is 2. The molecule has 1 aromatic carbocycles. The molecule has 0 fully saturated rings. The van der Waals surface area contributed by atoms with Gasteiger partial charge >= 0.3 is 0 Å². The van der Waals surface area contributed by atoms with Crippen LogP contribution in [0.2, 0.25) is 0 Å². The quantitative estimate of drug-likeness (QED) is 0.750. The van der Waals surface area contributed by atoms with Crippen molar-refractivity contribution in [2.24, 2.45) is 0 Å². The second-order valence-electron chi connectivity index (χ2n) is 3.52. The molecule has 0 unspecified atom stereocenters. The molecule has 14 heavy (non-hydrogen) atoms. The minimum Gasteiger partial charge on any atom is -0.177 e. The van der Waals surface area contributed by atoms with Crippen molar-refractivity contribution >= 4 is 11.7 Å². The van der Waals surface area contributed by atoms with Crippen LogP contribution < -0.4 is 0 Å². The molecule has 3 heteroatoms. The lowest BCUT2D eigenvalue weighted by atomic mass is 10.0. The first-order valence-corrected chi connectivity index (χ1v) is 5.40. The highest BCUT2D eigenvalue weighted by molar-refractivity contribution is 6.99. The van der Waals surface area contributed by atoms with Crippen LogP contribution in [0, 0.1) is 0 Å². The van der Waals surface area contributed by atoms with E-state index in [1.54, 1.807) is 0 Å². The lowest BCUT2D eigenvalue weighted by Crippen LogP contribution is -1.90. The van der Waals surface area contributed by atoms with Gasteiger partial charge in [-0.2, -0.15) is 8.75 Å². The van der Waals surface area contributed by atoms with Crippen molar-refractivity contribution in [1.82, 2.24) is 8.75 Å². The number of aromatic nitrogens is 2. The topological polar surface area (TPSA) is 25.8 Å². The third kappa shape index (κ3) is 1.68. The standard InChI is InChI=1S/C11H12N2S/c1-8(2)10-11(13-14-12-10)9-6-4-3-5-7-9/h3-8H,1-2H3. The molecule has 0 radical (unpaired) electrons. The minimum atomic E-state index is 0.434. The Kier molecular flexibility index (Phi) is 2.59. The first-order valence-electron chi connectivity index (χ1n) is 4.67. The van der Waals surface area contributed by atoms with E-state index in [0.717, 1.165) is 17.0 Å². The van der Waals surface area contributed by atoms with E-state index in [4.69, 9.17) is 0 Å². The van der Waals surface area contributed by atoms with Crippen LogP contribution in [0.1, 0.15) is 25.5 Å². The van der Waals surface area contributed by atoms with Gasteiger partial charge in [0.25, 0.3) is 0 Å². The smallest absolute Gasteiger partial charge is 0.108 e. The second-order valence-corrected chi connectivity index (χ2v) is 4.05. The largest absolute Gasteiger partial charge is 0.177 e. The van der Waals surface area contributed by atoms with Crippen LogP contribution >= 0.6 is 11.7 Å². The molecule has 0 saturated heterocycles. The van der Waals surface area contributed by atoms with Gasteiger partial charge in [-0.25, -0.2) is 0 Å². The monoisotopic (exact) mass is 204 g/mol. The maximum Gasteiger partial charge on any atom is 0.108 e. The Labute approximate surface area is 87.9 Å². The van der Waals surface area contributed by atoms with Gasteiger partial charge in [-0.3, -0.25) is 0 Å². The van der Waals surface area contributed by atoms with Crippen molar-refractivity contribution in [1.29, 1.82) is 0 Å². The molecule has 2 rings (SSSR count). The molecule has 0 bridgehead atoms. The first kappa shape index (κ1) is 9.34. The Hall–Kier alpha value is -1.22. The van der Waals surface area contributed by atoms with E-state index in [9.17, 15) is 0 Å². The van der Waals surface area contributed by atoms with Gasteiger partial charge in [-0.1, -0.05) is 44.2 Å². The average Bonchev–Trinajstić information content (AvgIpc) is 2.67. The van der Waals surface area contributed by atoms with E-state index in [2.05, 4.69) is 34.7 Å². The average molecular weight is 204 g/mol. The number of benzene rings is 1. The third-order valence-electron chi connectivity index (χ3n) is 2.11. The summed E-state index contributed by atoms with van der Waals surface area (Å²) in [4.78, 5) is 0. The molecular formula is C11H12N2S. The molecule has 72 valence electrons. The van der Waals surface area contributed by atoms with Crippen molar-refractivity contribution in [2.45, 2.75) is 19.8 Å². The summed E-state index contributed by atoms with van der Waals surface area (Å²) in [5, 5.41) is 0. The highest BCUT2D eigenvalue weighted by Crippen LogP contribution is 2.26. The van der Waals surface area contributed by atoms with Gasteiger partial charge in [0.05, 0.1) is 17.4 Å². The third-order valence-corrected chi connectivity index (χ3v) is 2.65. The Bertz CT molecular complexity index is 406. The van der Waals surface area contributed by atoms with E-state index in [-0.39, 0.29) is 0 Å². The maximum absolute atomic E-state index is 4.34. The summed E-state index contributed by atoms with van der Waals surface area (Å²) >= 11 is 1.29. The molecule has 0 saturated carbocycles. The van der Waals surface area contributed by atoms with E-state index >= 15 is 0 Å². The molecule has 0 aliphatic rings. The van der Waals surface area contributed by atoms with Gasteiger partial charge in [-0.05, 0) is 5.92 Å². The lowest BCUT2D eigenvalue weighted by molar-refractivity contribution is 0.841. The zero-order valence-corrected chi connectivity index (χ0v) is 9.08. The predicted octanol–water partition coefficient (Wildman–Crippen LogP) is 3.33. The molecule has 0 N–H and O–H groups in total. The first-order chi connectivity index (χ1) is 6.79. The summed E-state index contributed by atoms with van der Waals surface area (Å²) in [7, 11) is 0. The molecule has 0 spiro atoms. The van der Waals surface area contributed by atoms with Crippen LogP contribution in [0.5, 0.6) is 0 Å². The van der Waals surface area contributed by atoms with E-state index in [1.807, 2.05) is 18.2 Å². The van der Waals surface area contributed by atoms with Crippen LogP contribution in [0.15, 0.2) is 30.3 Å². The van der Waals surface area contributed by atoms with Gasteiger partial charge in [0, 0.05) is 5.56 Å². The van der Waals surface area contributed by atoms with Gasteiger partial charge in [0.2, 0.25) is 0 Å². The summed E-state index contributed by atoms with van der Waals surface area (Å²) in [6.07, 6.45) is 0. The van der Waals surface area contributed by atoms with Crippen molar-refractivity contribution in [3.05, 3.63) is 36.0 Å². The molecular weight excluding hydrogens is 192 g/mol. The number of nitrogens with zero attached hydrogens (tertiary/aromatic N) is 2. The van der Waals surface area contributed by atoms with Crippen LogP contribution in [-0.4, -0.2) is 8.75 Å². The molecule has 1 aromatic heterocycles. The normalized spacial score (nSPS) is 10.8. The number of hydrogen-bond acceptors (Lipinski definition) is 3. The fourth-order valence-corrected chi connectivity index (χ4v) is 2.08.